The number of piperazine rings is 1. The average molecular weight is 444 g/mol. The Balaban J connectivity index is 1.42. The van der Waals surface area contributed by atoms with Crippen LogP contribution in [0.2, 0.25) is 5.02 Å². The van der Waals surface area contributed by atoms with Crippen LogP contribution in [0, 0.1) is 0 Å². The van der Waals surface area contributed by atoms with Gasteiger partial charge in [0.15, 0.2) is 0 Å². The van der Waals surface area contributed by atoms with Crippen molar-refractivity contribution in [3.63, 3.8) is 0 Å². The van der Waals surface area contributed by atoms with Gasteiger partial charge >= 0.3 is 0 Å². The molecule has 166 valence electrons. The first-order valence-corrected chi connectivity index (χ1v) is 11.1. The lowest BCUT2D eigenvalue weighted by Gasteiger charge is -2.37. The van der Waals surface area contributed by atoms with Crippen molar-refractivity contribution in [2.45, 2.75) is 32.2 Å². The summed E-state index contributed by atoms with van der Waals surface area (Å²) >= 11 is 6.13. The zero-order valence-corrected chi connectivity index (χ0v) is 18.9. The lowest BCUT2D eigenvalue weighted by Crippen LogP contribution is -2.54. The number of ether oxygens (including phenoxy) is 1. The fraction of sp³-hybridized carbons (Fsp3) is 0.417. The van der Waals surface area contributed by atoms with Crippen LogP contribution in [0.1, 0.15) is 25.3 Å². The number of hydrogen-bond acceptors (Lipinski definition) is 4. The zero-order chi connectivity index (χ0) is 22.2. The van der Waals surface area contributed by atoms with Crippen LogP contribution in [0.4, 0.5) is 5.69 Å². The molecule has 1 fully saturated rings. The van der Waals surface area contributed by atoms with E-state index in [4.69, 9.17) is 16.3 Å². The van der Waals surface area contributed by atoms with Crippen molar-refractivity contribution in [3.05, 3.63) is 59.1 Å². The molecular formula is C24H30ClN3O3. The molecule has 0 aromatic heterocycles. The van der Waals surface area contributed by atoms with Gasteiger partial charge in [-0.05, 0) is 43.5 Å². The van der Waals surface area contributed by atoms with E-state index >= 15 is 0 Å². The molecule has 1 N–H and O–H groups in total. The lowest BCUT2D eigenvalue weighted by molar-refractivity contribution is -0.133. The number of halogens is 1. The van der Waals surface area contributed by atoms with Crippen LogP contribution in [0.15, 0.2) is 48.5 Å². The van der Waals surface area contributed by atoms with E-state index in [1.165, 1.54) is 5.56 Å². The van der Waals surface area contributed by atoms with Crippen LogP contribution in [0.25, 0.3) is 0 Å². The van der Waals surface area contributed by atoms with E-state index in [0.29, 0.717) is 49.1 Å². The van der Waals surface area contributed by atoms with Gasteiger partial charge in [0.2, 0.25) is 11.8 Å². The number of benzene rings is 2. The van der Waals surface area contributed by atoms with Crippen molar-refractivity contribution in [1.29, 1.82) is 0 Å². The number of methoxy groups -OCH3 is 1. The summed E-state index contributed by atoms with van der Waals surface area (Å²) in [5.74, 6) is 0.668. The first kappa shape index (κ1) is 23.1. The summed E-state index contributed by atoms with van der Waals surface area (Å²) in [6, 6.07) is 15.1. The van der Waals surface area contributed by atoms with E-state index in [1.807, 2.05) is 30.0 Å². The van der Waals surface area contributed by atoms with Crippen LogP contribution in [-0.4, -0.2) is 60.9 Å². The summed E-state index contributed by atoms with van der Waals surface area (Å²) in [5.41, 5.74) is 1.90. The summed E-state index contributed by atoms with van der Waals surface area (Å²) in [4.78, 5) is 29.2. The minimum atomic E-state index is -0.295. The number of carbonyl (C=O) groups is 2. The topological polar surface area (TPSA) is 61.9 Å². The third-order valence-electron chi connectivity index (χ3n) is 5.71. The highest BCUT2D eigenvalue weighted by Crippen LogP contribution is 2.27. The first-order valence-electron chi connectivity index (χ1n) is 10.7. The van der Waals surface area contributed by atoms with Crippen molar-refractivity contribution in [2.24, 2.45) is 0 Å². The molecule has 0 aliphatic carbocycles. The van der Waals surface area contributed by atoms with Crippen LogP contribution >= 0.6 is 11.6 Å². The van der Waals surface area contributed by atoms with Gasteiger partial charge in [0, 0.05) is 38.3 Å². The van der Waals surface area contributed by atoms with Gasteiger partial charge in [-0.1, -0.05) is 41.9 Å². The molecule has 0 bridgehead atoms. The number of hydrogen-bond donors (Lipinski definition) is 1. The SMILES string of the molecule is COc1ccc(NC(=O)C(C)N2CCN(C(=O)CCCc3ccccc3)CC2)cc1Cl. The minimum Gasteiger partial charge on any atom is -0.495 e. The predicted molar refractivity (Wildman–Crippen MR) is 124 cm³/mol. The highest BCUT2D eigenvalue weighted by Gasteiger charge is 2.27. The number of carbonyl (C=O) groups excluding carboxylic acids is 2. The van der Waals surface area contributed by atoms with Gasteiger partial charge in [0.1, 0.15) is 5.75 Å². The van der Waals surface area contributed by atoms with Crippen molar-refractivity contribution in [3.8, 4) is 5.75 Å². The molecule has 1 unspecified atom stereocenters. The Morgan fingerprint density at radius 1 is 1.10 bits per heavy atom. The third-order valence-corrected chi connectivity index (χ3v) is 6.01. The quantitative estimate of drug-likeness (QED) is 0.673. The maximum atomic E-state index is 12.7. The maximum absolute atomic E-state index is 12.7. The van der Waals surface area contributed by atoms with Gasteiger partial charge in [-0.2, -0.15) is 0 Å². The van der Waals surface area contributed by atoms with Gasteiger partial charge in [0.25, 0.3) is 0 Å². The Labute approximate surface area is 189 Å². The monoisotopic (exact) mass is 443 g/mol. The molecule has 2 amide bonds. The number of nitrogens with zero attached hydrogens (tertiary/aromatic N) is 2. The smallest absolute Gasteiger partial charge is 0.241 e. The standard InChI is InChI=1S/C24H30ClN3O3/c1-18(24(30)26-20-11-12-22(31-2)21(25)17-20)27-13-15-28(16-14-27)23(29)10-6-9-19-7-4-3-5-8-19/h3-5,7-8,11-12,17-18H,6,9-10,13-16H2,1-2H3,(H,26,30). The Hall–Kier alpha value is -2.57. The van der Waals surface area contributed by atoms with Crippen LogP contribution in [0.5, 0.6) is 5.75 Å². The average Bonchev–Trinajstić information content (AvgIpc) is 2.79. The van der Waals surface area contributed by atoms with Gasteiger partial charge in [-0.15, -0.1) is 0 Å². The van der Waals surface area contributed by atoms with Crippen LogP contribution in [-0.2, 0) is 16.0 Å². The summed E-state index contributed by atoms with van der Waals surface area (Å²) in [6.07, 6.45) is 2.33. The summed E-state index contributed by atoms with van der Waals surface area (Å²) < 4.78 is 5.14. The molecular weight excluding hydrogens is 414 g/mol. The largest absolute Gasteiger partial charge is 0.495 e. The molecule has 1 atom stereocenters. The second-order valence-electron chi connectivity index (χ2n) is 7.77. The molecule has 3 rings (SSSR count). The van der Waals surface area contributed by atoms with Crippen LogP contribution < -0.4 is 10.1 Å². The summed E-state index contributed by atoms with van der Waals surface area (Å²) in [7, 11) is 1.55. The molecule has 7 heteroatoms. The molecule has 1 aliphatic heterocycles. The van der Waals surface area contributed by atoms with Gasteiger partial charge in [-0.3, -0.25) is 14.5 Å². The molecule has 2 aromatic carbocycles. The second-order valence-corrected chi connectivity index (χ2v) is 8.18. The molecule has 2 aromatic rings. The molecule has 0 radical (unpaired) electrons. The van der Waals surface area contributed by atoms with E-state index < -0.39 is 0 Å². The van der Waals surface area contributed by atoms with Crippen LogP contribution in [0.3, 0.4) is 0 Å². The molecule has 1 aliphatic rings. The Kier molecular flexibility index (Phi) is 8.32. The van der Waals surface area contributed by atoms with Gasteiger partial charge < -0.3 is 15.0 Å². The Morgan fingerprint density at radius 2 is 1.81 bits per heavy atom. The van der Waals surface area contributed by atoms with Crippen molar-refractivity contribution in [1.82, 2.24) is 9.80 Å². The van der Waals surface area contributed by atoms with Crippen molar-refractivity contribution in [2.75, 3.05) is 38.6 Å². The fourth-order valence-electron chi connectivity index (χ4n) is 3.76. The Bertz CT molecular complexity index is 883. The predicted octanol–water partition coefficient (Wildman–Crippen LogP) is 3.84. The number of anilines is 1. The van der Waals surface area contributed by atoms with E-state index in [9.17, 15) is 9.59 Å². The highest BCUT2D eigenvalue weighted by atomic mass is 35.5. The van der Waals surface area contributed by atoms with E-state index in [0.717, 1.165) is 12.8 Å². The molecule has 0 saturated carbocycles. The van der Waals surface area contributed by atoms with Gasteiger partial charge in [0.05, 0.1) is 18.2 Å². The number of amides is 2. The maximum Gasteiger partial charge on any atom is 0.241 e. The summed E-state index contributed by atoms with van der Waals surface area (Å²) in [6.45, 7) is 4.55. The number of nitrogens with one attached hydrogen (secondary N) is 1. The summed E-state index contributed by atoms with van der Waals surface area (Å²) in [5, 5.41) is 3.36. The highest BCUT2D eigenvalue weighted by molar-refractivity contribution is 6.32. The first-order chi connectivity index (χ1) is 15.0. The molecule has 6 nitrogen and oxygen atoms in total. The van der Waals surface area contributed by atoms with E-state index in [1.54, 1.807) is 25.3 Å². The molecule has 0 spiro atoms. The molecule has 1 saturated heterocycles. The number of rotatable bonds is 8. The van der Waals surface area contributed by atoms with Crippen molar-refractivity contribution >= 4 is 29.1 Å². The Morgan fingerprint density at radius 3 is 2.45 bits per heavy atom. The van der Waals surface area contributed by atoms with Crippen molar-refractivity contribution < 1.29 is 14.3 Å². The van der Waals surface area contributed by atoms with Gasteiger partial charge in [-0.25, -0.2) is 0 Å². The normalized spacial score (nSPS) is 15.4. The third kappa shape index (κ3) is 6.45. The lowest BCUT2D eigenvalue weighted by atomic mass is 10.1. The molecule has 31 heavy (non-hydrogen) atoms. The van der Waals surface area contributed by atoms with E-state index in [-0.39, 0.29) is 17.9 Å². The minimum absolute atomic E-state index is 0.0936. The number of aryl methyl sites for hydroxylation is 1. The zero-order valence-electron chi connectivity index (χ0n) is 18.1. The second kappa shape index (κ2) is 11.2. The fourth-order valence-corrected chi connectivity index (χ4v) is 4.02. The molecule has 1 heterocycles. The van der Waals surface area contributed by atoms with E-state index in [2.05, 4.69) is 22.3 Å².